The van der Waals surface area contributed by atoms with Gasteiger partial charge in [0, 0.05) is 24.1 Å². The number of amides is 2. The number of rotatable bonds is 7. The van der Waals surface area contributed by atoms with Gasteiger partial charge in [-0.2, -0.15) is 5.26 Å². The zero-order valence-electron chi connectivity index (χ0n) is 16.7. The van der Waals surface area contributed by atoms with Crippen LogP contribution in [0.15, 0.2) is 24.3 Å². The van der Waals surface area contributed by atoms with E-state index in [2.05, 4.69) is 11.1 Å². The number of benzene rings is 1. The third-order valence-electron chi connectivity index (χ3n) is 5.77. The fourth-order valence-electron chi connectivity index (χ4n) is 4.02. The van der Waals surface area contributed by atoms with Crippen LogP contribution in [0.2, 0.25) is 0 Å². The summed E-state index contributed by atoms with van der Waals surface area (Å²) in [5.74, 6) is -1.67. The molecule has 9 heteroatoms. The molecular formula is C22H21N5O4. The summed E-state index contributed by atoms with van der Waals surface area (Å²) < 4.78 is 0. The first-order valence-electron chi connectivity index (χ1n) is 9.96. The summed E-state index contributed by atoms with van der Waals surface area (Å²) in [6.45, 7) is 0.153. The number of carboxylic acid groups (broad SMARTS) is 1. The van der Waals surface area contributed by atoms with E-state index in [-0.39, 0.29) is 31.1 Å². The highest BCUT2D eigenvalue weighted by Crippen LogP contribution is 2.45. The van der Waals surface area contributed by atoms with E-state index in [9.17, 15) is 19.6 Å². The van der Waals surface area contributed by atoms with Crippen molar-refractivity contribution in [1.29, 1.82) is 5.26 Å². The van der Waals surface area contributed by atoms with Crippen molar-refractivity contribution in [2.45, 2.75) is 44.2 Å². The number of nitriles is 1. The average molecular weight is 419 g/mol. The number of nitrogen functional groups attached to an aromatic ring is 1. The Morgan fingerprint density at radius 3 is 2.68 bits per heavy atom. The number of fused-ring (bicyclic) bond motifs is 1. The second kappa shape index (κ2) is 7.72. The quantitative estimate of drug-likeness (QED) is 0.615. The summed E-state index contributed by atoms with van der Waals surface area (Å²) in [5.41, 5.74) is 15.3. The minimum absolute atomic E-state index is 0.0448. The molecule has 4 rings (SSSR count). The molecule has 2 heterocycles. The number of primary amides is 1. The molecule has 1 aliphatic heterocycles. The fraction of sp³-hybridized carbons (Fsp3) is 0.318. The Balaban J connectivity index is 1.68. The largest absolute Gasteiger partial charge is 0.481 e. The molecule has 1 saturated carbocycles. The summed E-state index contributed by atoms with van der Waals surface area (Å²) in [5, 5.41) is 18.2. The predicted octanol–water partition coefficient (Wildman–Crippen LogP) is 1.75. The van der Waals surface area contributed by atoms with Crippen LogP contribution < -0.4 is 11.5 Å². The van der Waals surface area contributed by atoms with Crippen molar-refractivity contribution in [2.24, 2.45) is 5.73 Å². The van der Waals surface area contributed by atoms with Crippen LogP contribution in [0.1, 0.15) is 58.6 Å². The Labute approximate surface area is 178 Å². The van der Waals surface area contributed by atoms with Gasteiger partial charge in [-0.15, -0.1) is 0 Å². The topological polar surface area (TPSA) is 163 Å². The van der Waals surface area contributed by atoms with Crippen LogP contribution in [-0.2, 0) is 16.1 Å². The summed E-state index contributed by atoms with van der Waals surface area (Å²) >= 11 is 0. The second-order valence-corrected chi connectivity index (χ2v) is 7.90. The highest BCUT2D eigenvalue weighted by Gasteiger charge is 2.36. The number of nitrogens with zero attached hydrogens (tertiary/aromatic N) is 3. The molecular weight excluding hydrogens is 398 g/mol. The number of carbonyl (C=O) groups excluding carboxylic acids is 2. The van der Waals surface area contributed by atoms with Gasteiger partial charge in [-0.1, -0.05) is 6.07 Å². The molecule has 0 radical (unpaired) electrons. The van der Waals surface area contributed by atoms with Crippen LogP contribution in [0.5, 0.6) is 0 Å². The maximum Gasteiger partial charge on any atom is 0.303 e. The molecule has 158 valence electrons. The first-order valence-corrected chi connectivity index (χ1v) is 9.96. The smallest absolute Gasteiger partial charge is 0.303 e. The van der Waals surface area contributed by atoms with Gasteiger partial charge in [0.2, 0.25) is 5.91 Å². The summed E-state index contributed by atoms with van der Waals surface area (Å²) in [6, 6.07) is 8.15. The number of aromatic nitrogens is 1. The second-order valence-electron chi connectivity index (χ2n) is 7.90. The van der Waals surface area contributed by atoms with Gasteiger partial charge >= 0.3 is 5.97 Å². The van der Waals surface area contributed by atoms with Crippen LogP contribution in [0.3, 0.4) is 0 Å². The lowest BCUT2D eigenvalue weighted by molar-refractivity contribution is -0.137. The highest BCUT2D eigenvalue weighted by atomic mass is 16.4. The highest BCUT2D eigenvalue weighted by molar-refractivity contribution is 6.01. The van der Waals surface area contributed by atoms with E-state index in [4.69, 9.17) is 16.6 Å². The number of anilines is 1. The zero-order chi connectivity index (χ0) is 22.3. The van der Waals surface area contributed by atoms with Gasteiger partial charge in [-0.05, 0) is 54.5 Å². The SMILES string of the molecule is N#Cc1cc(C2CC2)c(-c2ccc3c(c2)CN(C(CCC(=O)O)C(N)=O)C3=O)nc1N. The van der Waals surface area contributed by atoms with E-state index in [0.29, 0.717) is 28.3 Å². The first kappa shape index (κ1) is 20.3. The van der Waals surface area contributed by atoms with Crippen LogP contribution in [0.25, 0.3) is 11.3 Å². The molecule has 2 amide bonds. The number of aliphatic carboxylic acids is 1. The zero-order valence-corrected chi connectivity index (χ0v) is 16.7. The number of hydrogen-bond acceptors (Lipinski definition) is 6. The molecule has 1 unspecified atom stereocenters. The Kier molecular flexibility index (Phi) is 5.07. The first-order chi connectivity index (χ1) is 14.8. The van der Waals surface area contributed by atoms with E-state index in [1.807, 2.05) is 6.07 Å². The van der Waals surface area contributed by atoms with Gasteiger partial charge in [0.25, 0.3) is 5.91 Å². The number of nitrogens with two attached hydrogens (primary N) is 2. The van der Waals surface area contributed by atoms with Crippen molar-refractivity contribution in [2.75, 3.05) is 5.73 Å². The average Bonchev–Trinajstić information content (AvgIpc) is 3.52. The molecule has 1 atom stereocenters. The molecule has 1 aliphatic carbocycles. The van der Waals surface area contributed by atoms with Crippen molar-refractivity contribution >= 4 is 23.6 Å². The van der Waals surface area contributed by atoms with E-state index in [1.54, 1.807) is 18.2 Å². The van der Waals surface area contributed by atoms with Crippen LogP contribution in [-0.4, -0.2) is 38.8 Å². The van der Waals surface area contributed by atoms with Gasteiger partial charge in [0.05, 0.1) is 11.3 Å². The summed E-state index contributed by atoms with van der Waals surface area (Å²) in [7, 11) is 0. The van der Waals surface area contributed by atoms with Gasteiger partial charge in [-0.3, -0.25) is 14.4 Å². The van der Waals surface area contributed by atoms with Crippen LogP contribution in [0, 0.1) is 11.3 Å². The van der Waals surface area contributed by atoms with Gasteiger partial charge in [0.15, 0.2) is 0 Å². The Hall–Kier alpha value is -3.93. The van der Waals surface area contributed by atoms with Crippen LogP contribution in [0.4, 0.5) is 5.82 Å². The van der Waals surface area contributed by atoms with E-state index in [0.717, 1.165) is 24.0 Å². The molecule has 0 bridgehead atoms. The number of carboxylic acids is 1. The molecule has 31 heavy (non-hydrogen) atoms. The molecule has 2 aliphatic rings. The van der Waals surface area contributed by atoms with Crippen molar-refractivity contribution < 1.29 is 19.5 Å². The lowest BCUT2D eigenvalue weighted by Gasteiger charge is -2.24. The maximum atomic E-state index is 12.9. The molecule has 0 saturated heterocycles. The van der Waals surface area contributed by atoms with Crippen LogP contribution >= 0.6 is 0 Å². The minimum atomic E-state index is -1.06. The van der Waals surface area contributed by atoms with Crippen molar-refractivity contribution in [1.82, 2.24) is 9.88 Å². The third kappa shape index (κ3) is 3.80. The third-order valence-corrected chi connectivity index (χ3v) is 5.77. The Morgan fingerprint density at radius 2 is 2.06 bits per heavy atom. The van der Waals surface area contributed by atoms with Crippen molar-refractivity contribution in [3.05, 3.63) is 46.5 Å². The lowest BCUT2D eigenvalue weighted by atomic mass is 9.97. The molecule has 2 aromatic rings. The molecule has 5 N–H and O–H groups in total. The predicted molar refractivity (Wildman–Crippen MR) is 111 cm³/mol. The van der Waals surface area contributed by atoms with Crippen molar-refractivity contribution in [3.8, 4) is 17.3 Å². The monoisotopic (exact) mass is 419 g/mol. The molecule has 9 nitrogen and oxygen atoms in total. The minimum Gasteiger partial charge on any atom is -0.481 e. The van der Waals surface area contributed by atoms with Gasteiger partial charge in [-0.25, -0.2) is 4.98 Å². The summed E-state index contributed by atoms with van der Waals surface area (Å²) in [4.78, 5) is 41.5. The molecule has 1 fully saturated rings. The Morgan fingerprint density at radius 1 is 1.32 bits per heavy atom. The Bertz CT molecular complexity index is 1150. The maximum absolute atomic E-state index is 12.9. The number of pyridine rings is 1. The fourth-order valence-corrected chi connectivity index (χ4v) is 4.02. The van der Waals surface area contributed by atoms with E-state index in [1.165, 1.54) is 4.90 Å². The van der Waals surface area contributed by atoms with E-state index < -0.39 is 17.9 Å². The molecule has 0 spiro atoms. The van der Waals surface area contributed by atoms with Crippen molar-refractivity contribution in [3.63, 3.8) is 0 Å². The summed E-state index contributed by atoms with van der Waals surface area (Å²) in [6.07, 6.45) is 1.73. The van der Waals surface area contributed by atoms with E-state index >= 15 is 0 Å². The normalized spacial score (nSPS) is 16.0. The lowest BCUT2D eigenvalue weighted by Crippen LogP contribution is -2.45. The molecule has 1 aromatic carbocycles. The standard InChI is InChI=1S/C22H21N5O4/c23-9-13-8-16(11-1-2-11)19(26-20(13)24)12-3-4-15-14(7-12)10-27(22(15)31)17(21(25)30)5-6-18(28)29/h3-4,7-8,11,17H,1-2,5-6,10H2,(H2,24,26)(H2,25,30)(H,28,29). The number of hydrogen-bond donors (Lipinski definition) is 3. The number of carbonyl (C=O) groups is 3. The van der Waals surface area contributed by atoms with Gasteiger partial charge < -0.3 is 21.5 Å². The molecule has 1 aromatic heterocycles. The van der Waals surface area contributed by atoms with Gasteiger partial charge in [0.1, 0.15) is 17.9 Å².